The van der Waals surface area contributed by atoms with Crippen molar-refractivity contribution in [2.75, 3.05) is 10.5 Å². The average molecular weight is 270 g/mol. The minimum atomic E-state index is -3.76. The minimum Gasteiger partial charge on any atom is -0.383 e. The summed E-state index contributed by atoms with van der Waals surface area (Å²) < 4.78 is 28.1. The van der Waals surface area contributed by atoms with Crippen LogP contribution in [-0.2, 0) is 10.0 Å². The van der Waals surface area contributed by atoms with Gasteiger partial charge in [0.15, 0.2) is 0 Å². The number of nitrogen functional groups attached to an aromatic ring is 1. The summed E-state index contributed by atoms with van der Waals surface area (Å²) in [5.74, 6) is 0.378. The van der Waals surface area contributed by atoms with Gasteiger partial charge in [0, 0.05) is 12.1 Å². The fourth-order valence-electron chi connectivity index (χ4n) is 1.50. The fraction of sp³-hybridized carbons (Fsp3) is 0.333. The van der Waals surface area contributed by atoms with Crippen LogP contribution in [-0.4, -0.2) is 28.4 Å². The normalized spacial score (nSPS) is 11.9. The SMILES string of the molecule is CC(C)n1nccc1NS(=O)(=O)c1cn[nH]c1N. The Morgan fingerprint density at radius 2 is 2.22 bits per heavy atom. The molecule has 2 aromatic rings. The van der Waals surface area contributed by atoms with Crippen LogP contribution in [0.15, 0.2) is 23.4 Å². The molecule has 0 radical (unpaired) electrons. The van der Waals surface area contributed by atoms with Crippen LogP contribution in [0.4, 0.5) is 11.6 Å². The topological polar surface area (TPSA) is 119 Å². The lowest BCUT2D eigenvalue weighted by atomic mass is 10.4. The Morgan fingerprint density at radius 1 is 1.50 bits per heavy atom. The molecule has 0 amide bonds. The maximum Gasteiger partial charge on any atom is 0.268 e. The number of aromatic amines is 1. The molecule has 0 saturated heterocycles. The van der Waals surface area contributed by atoms with Crippen LogP contribution in [0.1, 0.15) is 19.9 Å². The molecule has 0 atom stereocenters. The lowest BCUT2D eigenvalue weighted by Gasteiger charge is -2.12. The Labute approximate surface area is 104 Å². The van der Waals surface area contributed by atoms with E-state index >= 15 is 0 Å². The number of nitrogens with one attached hydrogen (secondary N) is 2. The molecule has 2 heterocycles. The summed E-state index contributed by atoms with van der Waals surface area (Å²) in [7, 11) is -3.76. The van der Waals surface area contributed by atoms with Crippen molar-refractivity contribution in [1.82, 2.24) is 20.0 Å². The number of aromatic nitrogens is 4. The van der Waals surface area contributed by atoms with E-state index in [2.05, 4.69) is 20.0 Å². The molecular formula is C9H14N6O2S. The summed E-state index contributed by atoms with van der Waals surface area (Å²) in [5, 5.41) is 10.00. The molecular weight excluding hydrogens is 256 g/mol. The number of anilines is 2. The van der Waals surface area contributed by atoms with Gasteiger partial charge in [-0.15, -0.1) is 0 Å². The Balaban J connectivity index is 2.34. The molecule has 0 spiro atoms. The summed E-state index contributed by atoms with van der Waals surface area (Å²) in [6, 6.07) is 1.62. The van der Waals surface area contributed by atoms with E-state index in [1.165, 1.54) is 6.20 Å². The first kappa shape index (κ1) is 12.4. The van der Waals surface area contributed by atoms with Gasteiger partial charge in [-0.05, 0) is 13.8 Å². The van der Waals surface area contributed by atoms with Crippen molar-refractivity contribution >= 4 is 21.7 Å². The molecule has 18 heavy (non-hydrogen) atoms. The van der Waals surface area contributed by atoms with E-state index in [0.717, 1.165) is 6.20 Å². The van der Waals surface area contributed by atoms with Gasteiger partial charge in [-0.1, -0.05) is 0 Å². The first-order valence-electron chi connectivity index (χ1n) is 5.27. The van der Waals surface area contributed by atoms with Gasteiger partial charge >= 0.3 is 0 Å². The number of hydrogen-bond donors (Lipinski definition) is 3. The van der Waals surface area contributed by atoms with Crippen LogP contribution in [0.5, 0.6) is 0 Å². The monoisotopic (exact) mass is 270 g/mol. The molecule has 98 valence electrons. The van der Waals surface area contributed by atoms with Crippen molar-refractivity contribution in [3.05, 3.63) is 18.5 Å². The van der Waals surface area contributed by atoms with Crippen molar-refractivity contribution in [2.45, 2.75) is 24.8 Å². The predicted octanol–water partition coefficient (Wildman–Crippen LogP) is 0.570. The predicted molar refractivity (Wildman–Crippen MR) is 66.4 cm³/mol. The van der Waals surface area contributed by atoms with E-state index in [9.17, 15) is 8.42 Å². The molecule has 0 bridgehead atoms. The van der Waals surface area contributed by atoms with E-state index in [1.54, 1.807) is 10.7 Å². The van der Waals surface area contributed by atoms with E-state index in [-0.39, 0.29) is 16.8 Å². The maximum atomic E-state index is 12.1. The molecule has 0 fully saturated rings. The third-order valence-corrected chi connectivity index (χ3v) is 3.70. The van der Waals surface area contributed by atoms with Gasteiger partial charge in [-0.2, -0.15) is 10.2 Å². The second kappa shape index (κ2) is 4.33. The lowest BCUT2D eigenvalue weighted by molar-refractivity contribution is 0.539. The first-order chi connectivity index (χ1) is 8.42. The molecule has 2 aromatic heterocycles. The Morgan fingerprint density at radius 3 is 2.78 bits per heavy atom. The fourth-order valence-corrected chi connectivity index (χ4v) is 2.57. The van der Waals surface area contributed by atoms with Crippen molar-refractivity contribution < 1.29 is 8.42 Å². The molecule has 0 aromatic carbocycles. The molecule has 4 N–H and O–H groups in total. The molecule has 0 unspecified atom stereocenters. The quantitative estimate of drug-likeness (QED) is 0.750. The largest absolute Gasteiger partial charge is 0.383 e. The zero-order chi connectivity index (χ0) is 13.3. The molecule has 2 rings (SSSR count). The smallest absolute Gasteiger partial charge is 0.268 e. The minimum absolute atomic E-state index is 0.00175. The Hall–Kier alpha value is -2.03. The van der Waals surface area contributed by atoms with E-state index < -0.39 is 10.0 Å². The molecule has 0 aliphatic heterocycles. The highest BCUT2D eigenvalue weighted by Gasteiger charge is 2.21. The highest BCUT2D eigenvalue weighted by Crippen LogP contribution is 2.20. The maximum absolute atomic E-state index is 12.1. The zero-order valence-electron chi connectivity index (χ0n) is 9.95. The number of H-pyrrole nitrogens is 1. The summed E-state index contributed by atoms with van der Waals surface area (Å²) in [6.07, 6.45) is 2.68. The third-order valence-electron chi connectivity index (χ3n) is 2.32. The second-order valence-corrected chi connectivity index (χ2v) is 5.66. The van der Waals surface area contributed by atoms with Gasteiger partial charge in [0.05, 0.1) is 12.4 Å². The molecule has 9 heteroatoms. The highest BCUT2D eigenvalue weighted by molar-refractivity contribution is 7.92. The van der Waals surface area contributed by atoms with Gasteiger partial charge in [0.25, 0.3) is 10.0 Å². The number of nitrogens with two attached hydrogens (primary N) is 1. The summed E-state index contributed by atoms with van der Waals surface area (Å²) in [4.78, 5) is -0.0843. The first-order valence-corrected chi connectivity index (χ1v) is 6.75. The number of nitrogens with zero attached hydrogens (tertiary/aromatic N) is 3. The standard InChI is InChI=1S/C9H14N6O2S/c1-6(2)15-8(3-4-12-15)14-18(16,17)7-5-11-13-9(7)10/h3-6,14H,1-2H3,(H3,10,11,13). The van der Waals surface area contributed by atoms with Crippen LogP contribution in [0.3, 0.4) is 0 Å². The Kier molecular flexibility index (Phi) is 2.99. The van der Waals surface area contributed by atoms with Crippen LogP contribution in [0.25, 0.3) is 0 Å². The van der Waals surface area contributed by atoms with Crippen molar-refractivity contribution in [3.8, 4) is 0 Å². The van der Waals surface area contributed by atoms with Gasteiger partial charge in [-0.25, -0.2) is 13.1 Å². The summed E-state index contributed by atoms with van der Waals surface area (Å²) >= 11 is 0. The number of hydrogen-bond acceptors (Lipinski definition) is 5. The molecule has 8 nitrogen and oxygen atoms in total. The average Bonchev–Trinajstić information content (AvgIpc) is 2.86. The second-order valence-electron chi connectivity index (χ2n) is 4.01. The van der Waals surface area contributed by atoms with Crippen molar-refractivity contribution in [2.24, 2.45) is 0 Å². The van der Waals surface area contributed by atoms with Crippen LogP contribution in [0, 0.1) is 0 Å². The molecule has 0 aliphatic carbocycles. The van der Waals surface area contributed by atoms with Gasteiger partial charge < -0.3 is 5.73 Å². The van der Waals surface area contributed by atoms with Gasteiger partial charge in [0.1, 0.15) is 16.5 Å². The van der Waals surface area contributed by atoms with Crippen molar-refractivity contribution in [1.29, 1.82) is 0 Å². The highest BCUT2D eigenvalue weighted by atomic mass is 32.2. The number of sulfonamides is 1. The molecule has 0 saturated carbocycles. The summed E-state index contributed by atoms with van der Waals surface area (Å²) in [6.45, 7) is 3.80. The van der Waals surface area contributed by atoms with E-state index in [0.29, 0.717) is 5.82 Å². The third kappa shape index (κ3) is 2.16. The van der Waals surface area contributed by atoms with Crippen LogP contribution >= 0.6 is 0 Å². The zero-order valence-corrected chi connectivity index (χ0v) is 10.8. The van der Waals surface area contributed by atoms with E-state index in [4.69, 9.17) is 5.73 Å². The van der Waals surface area contributed by atoms with Gasteiger partial charge in [0.2, 0.25) is 0 Å². The van der Waals surface area contributed by atoms with E-state index in [1.807, 2.05) is 13.8 Å². The molecule has 0 aliphatic rings. The van der Waals surface area contributed by atoms with Crippen LogP contribution < -0.4 is 10.5 Å². The van der Waals surface area contributed by atoms with Crippen molar-refractivity contribution in [3.63, 3.8) is 0 Å². The Bertz CT molecular complexity index is 642. The summed E-state index contributed by atoms with van der Waals surface area (Å²) in [5.41, 5.74) is 5.49. The van der Waals surface area contributed by atoms with Gasteiger partial charge in [-0.3, -0.25) is 9.82 Å². The van der Waals surface area contributed by atoms with Crippen LogP contribution in [0.2, 0.25) is 0 Å². The number of rotatable bonds is 4. The lowest BCUT2D eigenvalue weighted by Crippen LogP contribution is -2.17.